The molecule has 1 aliphatic rings. The zero-order valence-electron chi connectivity index (χ0n) is 14.6. The van der Waals surface area contributed by atoms with E-state index in [9.17, 15) is 0 Å². The van der Waals surface area contributed by atoms with Crippen LogP contribution in [0.25, 0.3) is 0 Å². The molecule has 0 saturated carbocycles. The van der Waals surface area contributed by atoms with Crippen LogP contribution in [0.5, 0.6) is 0 Å². The van der Waals surface area contributed by atoms with Crippen LogP contribution >= 0.6 is 0 Å². The van der Waals surface area contributed by atoms with Gasteiger partial charge in [0.1, 0.15) is 0 Å². The minimum absolute atomic E-state index is 0.0585. The molecule has 2 nitrogen and oxygen atoms in total. The summed E-state index contributed by atoms with van der Waals surface area (Å²) in [5.74, 6) is 0. The first-order valence-corrected chi connectivity index (χ1v) is 10.3. The van der Waals surface area contributed by atoms with Gasteiger partial charge in [-0.3, -0.25) is 0 Å². The summed E-state index contributed by atoms with van der Waals surface area (Å²) in [6.45, 7) is 8.07. The summed E-state index contributed by atoms with van der Waals surface area (Å²) >= 11 is 0. The molecule has 3 heteroatoms. The van der Waals surface area contributed by atoms with Crippen molar-refractivity contribution in [3.8, 4) is 0 Å². The van der Waals surface area contributed by atoms with Crippen molar-refractivity contribution < 1.29 is 4.43 Å². The van der Waals surface area contributed by atoms with E-state index in [0.29, 0.717) is 6.04 Å². The number of rotatable bonds is 4. The number of benzene rings is 2. The van der Waals surface area contributed by atoms with Crippen LogP contribution in [0.1, 0.15) is 38.8 Å². The Morgan fingerprint density at radius 2 is 1.61 bits per heavy atom. The zero-order chi connectivity index (χ0) is 16.5. The lowest BCUT2D eigenvalue weighted by molar-refractivity contribution is 0.374. The lowest BCUT2D eigenvalue weighted by Crippen LogP contribution is -2.67. The van der Waals surface area contributed by atoms with Crippen LogP contribution in [0.15, 0.2) is 54.6 Å². The standard InChI is InChI=1S/C20H27NOSi/c1-20(2,3)23(22-4,16-10-6-5-7-11-16)19-13-9-8-12-17(19)18-14-15-21-18/h5-13,18,21H,14-15H2,1-4H3. The lowest BCUT2D eigenvalue weighted by atomic mass is 9.98. The van der Waals surface area contributed by atoms with E-state index in [1.165, 1.54) is 22.4 Å². The third kappa shape index (κ3) is 2.67. The molecule has 23 heavy (non-hydrogen) atoms. The highest BCUT2D eigenvalue weighted by atomic mass is 28.4. The second-order valence-electron chi connectivity index (χ2n) is 7.38. The molecule has 0 aromatic heterocycles. The molecule has 2 aromatic carbocycles. The highest BCUT2D eigenvalue weighted by molar-refractivity contribution is 6.99. The van der Waals surface area contributed by atoms with Gasteiger partial charge in [-0.15, -0.1) is 0 Å². The van der Waals surface area contributed by atoms with Crippen LogP contribution in [0, 0.1) is 0 Å². The number of hydrogen-bond donors (Lipinski definition) is 1. The van der Waals surface area contributed by atoms with Crippen LogP contribution in [-0.2, 0) is 4.43 Å². The van der Waals surface area contributed by atoms with Gasteiger partial charge in [0, 0.05) is 13.2 Å². The molecule has 0 bridgehead atoms. The van der Waals surface area contributed by atoms with E-state index < -0.39 is 8.32 Å². The second kappa shape index (κ2) is 6.23. The van der Waals surface area contributed by atoms with Gasteiger partial charge >= 0.3 is 0 Å². The average molecular weight is 326 g/mol. The summed E-state index contributed by atoms with van der Waals surface area (Å²) in [6.07, 6.45) is 1.21. The molecule has 122 valence electrons. The molecule has 2 unspecified atom stereocenters. The lowest BCUT2D eigenvalue weighted by Gasteiger charge is -2.44. The van der Waals surface area contributed by atoms with Crippen molar-refractivity contribution in [3.05, 3.63) is 60.2 Å². The van der Waals surface area contributed by atoms with E-state index in [4.69, 9.17) is 4.43 Å². The van der Waals surface area contributed by atoms with Crippen LogP contribution in [0.4, 0.5) is 0 Å². The molecule has 1 aliphatic heterocycles. The Labute approximate surface area is 141 Å². The SMILES string of the molecule is CO[Si](c1ccccc1)(c1ccccc1C1CCN1)C(C)(C)C. The van der Waals surface area contributed by atoms with Gasteiger partial charge in [0.25, 0.3) is 8.32 Å². The Balaban J connectivity index is 2.25. The summed E-state index contributed by atoms with van der Waals surface area (Å²) in [6, 6.07) is 20.2. The monoisotopic (exact) mass is 325 g/mol. The Hall–Kier alpha value is -1.42. The fraction of sp³-hybridized carbons (Fsp3) is 0.400. The van der Waals surface area contributed by atoms with Crippen molar-refractivity contribution in [3.63, 3.8) is 0 Å². The first-order valence-electron chi connectivity index (χ1n) is 8.44. The van der Waals surface area contributed by atoms with E-state index in [-0.39, 0.29) is 5.04 Å². The van der Waals surface area contributed by atoms with E-state index in [1.807, 2.05) is 7.11 Å². The van der Waals surface area contributed by atoms with E-state index >= 15 is 0 Å². The van der Waals surface area contributed by atoms with Gasteiger partial charge < -0.3 is 9.74 Å². The van der Waals surface area contributed by atoms with Gasteiger partial charge in [0.2, 0.25) is 0 Å². The van der Waals surface area contributed by atoms with Crippen LogP contribution < -0.4 is 15.7 Å². The summed E-state index contributed by atoms with van der Waals surface area (Å²) in [4.78, 5) is 0. The molecule has 1 saturated heterocycles. The van der Waals surface area contributed by atoms with Gasteiger partial charge in [0.15, 0.2) is 0 Å². The molecular formula is C20H27NOSi. The molecule has 0 aliphatic carbocycles. The molecular weight excluding hydrogens is 298 g/mol. The second-order valence-corrected chi connectivity index (χ2v) is 11.8. The molecule has 1 heterocycles. The first kappa shape index (κ1) is 16.4. The maximum Gasteiger partial charge on any atom is 0.260 e. The molecule has 0 amide bonds. The van der Waals surface area contributed by atoms with Crippen molar-refractivity contribution in [1.29, 1.82) is 0 Å². The van der Waals surface area contributed by atoms with Crippen molar-refractivity contribution in [2.24, 2.45) is 0 Å². The van der Waals surface area contributed by atoms with Crippen LogP contribution in [0.2, 0.25) is 5.04 Å². The van der Waals surface area contributed by atoms with Crippen molar-refractivity contribution >= 4 is 18.7 Å². The first-order chi connectivity index (χ1) is 11.0. The zero-order valence-corrected chi connectivity index (χ0v) is 15.6. The molecule has 2 aromatic rings. The summed E-state index contributed by atoms with van der Waals surface area (Å²) < 4.78 is 6.45. The Bertz CT molecular complexity index is 661. The minimum Gasteiger partial charge on any atom is -0.411 e. The third-order valence-electron chi connectivity index (χ3n) is 5.08. The molecule has 1 N–H and O–H groups in total. The Morgan fingerprint density at radius 3 is 2.13 bits per heavy atom. The average Bonchev–Trinajstić information content (AvgIpc) is 2.48. The molecule has 1 fully saturated rings. The highest BCUT2D eigenvalue weighted by Gasteiger charge is 2.51. The van der Waals surface area contributed by atoms with E-state index in [1.54, 1.807) is 0 Å². The maximum absolute atomic E-state index is 6.45. The number of nitrogens with one attached hydrogen (secondary N) is 1. The topological polar surface area (TPSA) is 21.3 Å². The minimum atomic E-state index is -2.35. The van der Waals surface area contributed by atoms with Gasteiger partial charge in [-0.05, 0) is 33.9 Å². The largest absolute Gasteiger partial charge is 0.411 e. The normalized spacial score (nSPS) is 20.6. The fourth-order valence-electron chi connectivity index (χ4n) is 3.87. The van der Waals surface area contributed by atoms with Crippen LogP contribution in [-0.4, -0.2) is 22.0 Å². The van der Waals surface area contributed by atoms with Gasteiger partial charge in [-0.1, -0.05) is 75.4 Å². The van der Waals surface area contributed by atoms with Crippen molar-refractivity contribution in [2.45, 2.75) is 38.3 Å². The van der Waals surface area contributed by atoms with Gasteiger partial charge in [-0.2, -0.15) is 0 Å². The molecule has 2 atom stereocenters. The van der Waals surface area contributed by atoms with Crippen molar-refractivity contribution in [1.82, 2.24) is 5.32 Å². The predicted molar refractivity (Wildman–Crippen MR) is 100.0 cm³/mol. The fourth-order valence-corrected chi connectivity index (χ4v) is 8.58. The molecule has 0 spiro atoms. The quantitative estimate of drug-likeness (QED) is 0.872. The third-order valence-corrected chi connectivity index (χ3v) is 10.2. The summed E-state index contributed by atoms with van der Waals surface area (Å²) in [5.41, 5.74) is 1.42. The van der Waals surface area contributed by atoms with E-state index in [2.05, 4.69) is 80.7 Å². The maximum atomic E-state index is 6.45. The van der Waals surface area contributed by atoms with Crippen molar-refractivity contribution in [2.75, 3.05) is 13.7 Å². The molecule has 0 radical (unpaired) electrons. The van der Waals surface area contributed by atoms with Gasteiger partial charge in [-0.25, -0.2) is 0 Å². The predicted octanol–water partition coefficient (Wildman–Crippen LogP) is 3.23. The summed E-state index contributed by atoms with van der Waals surface area (Å²) in [5, 5.41) is 6.39. The Kier molecular flexibility index (Phi) is 4.45. The highest BCUT2D eigenvalue weighted by Crippen LogP contribution is 2.38. The molecule has 3 rings (SSSR count). The smallest absolute Gasteiger partial charge is 0.260 e. The number of hydrogen-bond acceptors (Lipinski definition) is 2. The van der Waals surface area contributed by atoms with Crippen LogP contribution in [0.3, 0.4) is 0 Å². The Morgan fingerprint density at radius 1 is 1.00 bits per heavy atom. The van der Waals surface area contributed by atoms with Gasteiger partial charge in [0.05, 0.1) is 0 Å². The summed E-state index contributed by atoms with van der Waals surface area (Å²) in [7, 11) is -0.455. The van der Waals surface area contributed by atoms with E-state index in [0.717, 1.165) is 6.54 Å².